The molecule has 6 heteroatoms. The van der Waals surface area contributed by atoms with Gasteiger partial charge in [-0.05, 0) is 20.3 Å². The summed E-state index contributed by atoms with van der Waals surface area (Å²) in [6.45, 7) is 5.95. The first-order chi connectivity index (χ1) is 8.88. The van der Waals surface area contributed by atoms with Gasteiger partial charge in [-0.2, -0.15) is 13.5 Å². The maximum Gasteiger partial charge on any atom is 0.335 e. The molecular formula is C13H23FN2O2S. The molecule has 0 aromatic carbocycles. The lowest BCUT2D eigenvalue weighted by Crippen LogP contribution is -2.03. The SMILES string of the molecule is CCCCCCCCn1nc(C)c(S(=O)(=O)F)c1C. The van der Waals surface area contributed by atoms with E-state index in [1.807, 2.05) is 0 Å². The molecule has 0 aliphatic rings. The van der Waals surface area contributed by atoms with Crippen molar-refractivity contribution in [2.75, 3.05) is 0 Å². The molecule has 0 atom stereocenters. The van der Waals surface area contributed by atoms with Crippen molar-refractivity contribution in [1.29, 1.82) is 0 Å². The zero-order valence-corrected chi connectivity index (χ0v) is 12.8. The standard InChI is InChI=1S/C13H23FN2O2S/c1-4-5-6-7-8-9-10-16-12(3)13(11(2)15-16)19(14,17)18/h4-10H2,1-3H3. The van der Waals surface area contributed by atoms with Crippen LogP contribution >= 0.6 is 0 Å². The van der Waals surface area contributed by atoms with Gasteiger partial charge < -0.3 is 0 Å². The van der Waals surface area contributed by atoms with Crippen molar-refractivity contribution in [3.63, 3.8) is 0 Å². The van der Waals surface area contributed by atoms with Crippen LogP contribution in [0.2, 0.25) is 0 Å². The van der Waals surface area contributed by atoms with E-state index < -0.39 is 10.2 Å². The van der Waals surface area contributed by atoms with Crippen LogP contribution in [0.5, 0.6) is 0 Å². The molecule has 0 amide bonds. The van der Waals surface area contributed by atoms with Crippen LogP contribution in [0, 0.1) is 13.8 Å². The maximum absolute atomic E-state index is 13.1. The second-order valence-electron chi connectivity index (χ2n) is 4.93. The Morgan fingerprint density at radius 3 is 2.21 bits per heavy atom. The summed E-state index contributed by atoms with van der Waals surface area (Å²) in [6, 6.07) is 0. The van der Waals surface area contributed by atoms with E-state index in [9.17, 15) is 12.3 Å². The molecule has 1 heterocycles. The van der Waals surface area contributed by atoms with Gasteiger partial charge in [-0.1, -0.05) is 39.0 Å². The fourth-order valence-corrected chi connectivity index (χ4v) is 3.14. The molecule has 110 valence electrons. The highest BCUT2D eigenvalue weighted by Gasteiger charge is 2.23. The van der Waals surface area contributed by atoms with E-state index >= 15 is 0 Å². The van der Waals surface area contributed by atoms with Crippen LogP contribution in [0.4, 0.5) is 3.89 Å². The van der Waals surface area contributed by atoms with E-state index in [1.54, 1.807) is 11.6 Å². The molecule has 1 aromatic heterocycles. The normalized spacial score (nSPS) is 12.0. The minimum atomic E-state index is -4.67. The van der Waals surface area contributed by atoms with E-state index in [-0.39, 0.29) is 10.6 Å². The molecule has 0 fully saturated rings. The lowest BCUT2D eigenvalue weighted by atomic mass is 10.1. The number of aromatic nitrogens is 2. The van der Waals surface area contributed by atoms with Crippen LogP contribution in [-0.4, -0.2) is 18.2 Å². The van der Waals surface area contributed by atoms with Gasteiger partial charge in [0.2, 0.25) is 0 Å². The molecule has 0 radical (unpaired) electrons. The summed E-state index contributed by atoms with van der Waals surface area (Å²) in [6.07, 6.45) is 6.92. The molecule has 0 saturated heterocycles. The third-order valence-corrected chi connectivity index (χ3v) is 4.36. The van der Waals surface area contributed by atoms with Crippen molar-refractivity contribution in [3.8, 4) is 0 Å². The Hall–Kier alpha value is -0.910. The summed E-state index contributed by atoms with van der Waals surface area (Å²) in [5.74, 6) is 0. The van der Waals surface area contributed by atoms with Crippen molar-refractivity contribution in [2.45, 2.75) is 70.7 Å². The highest BCUT2D eigenvalue weighted by molar-refractivity contribution is 7.86. The van der Waals surface area contributed by atoms with E-state index in [0.29, 0.717) is 12.2 Å². The van der Waals surface area contributed by atoms with Crippen molar-refractivity contribution in [3.05, 3.63) is 11.4 Å². The molecule has 1 rings (SSSR count). The summed E-state index contributed by atoms with van der Waals surface area (Å²) in [4.78, 5) is -0.265. The topological polar surface area (TPSA) is 52.0 Å². The van der Waals surface area contributed by atoms with Gasteiger partial charge in [0, 0.05) is 6.54 Å². The summed E-state index contributed by atoms with van der Waals surface area (Å²) >= 11 is 0. The molecule has 4 nitrogen and oxygen atoms in total. The van der Waals surface area contributed by atoms with Crippen molar-refractivity contribution in [2.24, 2.45) is 0 Å². The monoisotopic (exact) mass is 290 g/mol. The number of hydrogen-bond acceptors (Lipinski definition) is 3. The number of unbranched alkanes of at least 4 members (excludes halogenated alkanes) is 5. The number of nitrogens with zero attached hydrogens (tertiary/aromatic N) is 2. The largest absolute Gasteiger partial charge is 0.335 e. The molecule has 0 bridgehead atoms. The number of halogens is 1. The minimum Gasteiger partial charge on any atom is -0.268 e. The van der Waals surface area contributed by atoms with Gasteiger partial charge in [0.1, 0.15) is 4.90 Å². The van der Waals surface area contributed by atoms with Crippen molar-refractivity contribution < 1.29 is 12.3 Å². The summed E-state index contributed by atoms with van der Waals surface area (Å²) in [5, 5.41) is 4.11. The average Bonchev–Trinajstić information content (AvgIpc) is 2.58. The Bertz CT molecular complexity index is 509. The molecule has 19 heavy (non-hydrogen) atoms. The van der Waals surface area contributed by atoms with E-state index in [2.05, 4.69) is 12.0 Å². The quantitative estimate of drug-likeness (QED) is 0.543. The Morgan fingerprint density at radius 1 is 1.11 bits per heavy atom. The predicted molar refractivity (Wildman–Crippen MR) is 73.4 cm³/mol. The first-order valence-electron chi connectivity index (χ1n) is 6.86. The smallest absolute Gasteiger partial charge is 0.268 e. The van der Waals surface area contributed by atoms with Gasteiger partial charge in [0.15, 0.2) is 0 Å². The van der Waals surface area contributed by atoms with E-state index in [0.717, 1.165) is 12.8 Å². The fourth-order valence-electron chi connectivity index (χ4n) is 2.29. The van der Waals surface area contributed by atoms with Gasteiger partial charge >= 0.3 is 10.2 Å². The van der Waals surface area contributed by atoms with Crippen LogP contribution in [-0.2, 0) is 16.8 Å². The molecular weight excluding hydrogens is 267 g/mol. The third kappa shape index (κ3) is 4.60. The van der Waals surface area contributed by atoms with Crippen molar-refractivity contribution in [1.82, 2.24) is 9.78 Å². The lowest BCUT2D eigenvalue weighted by molar-refractivity contribution is 0.516. The van der Waals surface area contributed by atoms with Gasteiger partial charge in [0.05, 0.1) is 11.4 Å². The zero-order chi connectivity index (χ0) is 14.5. The van der Waals surface area contributed by atoms with Crippen LogP contribution in [0.25, 0.3) is 0 Å². The predicted octanol–water partition coefficient (Wildman–Crippen LogP) is 3.52. The molecule has 0 unspecified atom stereocenters. The number of hydrogen-bond donors (Lipinski definition) is 0. The summed E-state index contributed by atoms with van der Waals surface area (Å²) in [5.41, 5.74) is 0.638. The molecule has 0 spiro atoms. The Balaban J connectivity index is 2.57. The van der Waals surface area contributed by atoms with Gasteiger partial charge in [-0.15, -0.1) is 3.89 Å². The first kappa shape index (κ1) is 16.1. The van der Waals surface area contributed by atoms with Crippen LogP contribution in [0.15, 0.2) is 4.90 Å². The summed E-state index contributed by atoms with van der Waals surface area (Å²) in [7, 11) is -4.67. The Morgan fingerprint density at radius 2 is 1.68 bits per heavy atom. The van der Waals surface area contributed by atoms with Crippen LogP contribution < -0.4 is 0 Å². The lowest BCUT2D eigenvalue weighted by Gasteiger charge is -2.04. The number of rotatable bonds is 8. The highest BCUT2D eigenvalue weighted by Crippen LogP contribution is 2.21. The van der Waals surface area contributed by atoms with Gasteiger partial charge in [-0.3, -0.25) is 4.68 Å². The average molecular weight is 290 g/mol. The highest BCUT2D eigenvalue weighted by atomic mass is 32.3. The van der Waals surface area contributed by atoms with Gasteiger partial charge in [0.25, 0.3) is 0 Å². The maximum atomic E-state index is 13.1. The Kier molecular flexibility index (Phi) is 5.97. The second kappa shape index (κ2) is 7.03. The van der Waals surface area contributed by atoms with Crippen LogP contribution in [0.3, 0.4) is 0 Å². The third-order valence-electron chi connectivity index (χ3n) is 3.28. The van der Waals surface area contributed by atoms with Crippen LogP contribution in [0.1, 0.15) is 56.8 Å². The molecule has 0 aliphatic heterocycles. The molecule has 0 saturated carbocycles. The molecule has 1 aromatic rings. The summed E-state index contributed by atoms with van der Waals surface area (Å²) < 4.78 is 36.7. The fraction of sp³-hybridized carbons (Fsp3) is 0.769. The first-order valence-corrected chi connectivity index (χ1v) is 8.25. The minimum absolute atomic E-state index is 0.242. The number of aryl methyl sites for hydroxylation is 2. The zero-order valence-electron chi connectivity index (χ0n) is 11.9. The van der Waals surface area contributed by atoms with E-state index in [1.165, 1.54) is 32.6 Å². The molecule has 0 aliphatic carbocycles. The second-order valence-corrected chi connectivity index (χ2v) is 6.21. The van der Waals surface area contributed by atoms with Gasteiger partial charge in [-0.25, -0.2) is 0 Å². The Labute approximate surface area is 115 Å². The molecule has 0 N–H and O–H groups in total. The van der Waals surface area contributed by atoms with E-state index in [4.69, 9.17) is 0 Å². The van der Waals surface area contributed by atoms with Crippen molar-refractivity contribution >= 4 is 10.2 Å².